The number of aromatic amines is 1. The fraction of sp³-hybridized carbons (Fsp3) is 0.458. The van der Waals surface area contributed by atoms with Gasteiger partial charge in [0.15, 0.2) is 5.82 Å². The molecule has 1 aromatic carbocycles. The first kappa shape index (κ1) is 27.4. The fourth-order valence-electron chi connectivity index (χ4n) is 4.46. The first-order valence-corrected chi connectivity index (χ1v) is 11.9. The molecule has 0 radical (unpaired) electrons. The van der Waals surface area contributed by atoms with Crippen LogP contribution in [0, 0.1) is 13.8 Å². The maximum atomic E-state index is 10.6. The number of H-pyrrole nitrogens is 1. The second-order valence-electron chi connectivity index (χ2n) is 8.68. The fourth-order valence-corrected chi connectivity index (χ4v) is 4.89. The molecule has 1 aliphatic rings. The van der Waals surface area contributed by atoms with Gasteiger partial charge in [0.1, 0.15) is 11.6 Å². The molecule has 3 heterocycles. The van der Waals surface area contributed by atoms with E-state index < -0.39 is 12.1 Å². The maximum absolute atomic E-state index is 10.6. The van der Waals surface area contributed by atoms with E-state index in [0.717, 1.165) is 61.2 Å². The number of carboxylic acid groups (broad SMARTS) is 1. The van der Waals surface area contributed by atoms with Gasteiger partial charge in [0, 0.05) is 38.1 Å². The Bertz CT molecular complexity index is 1170. The summed E-state index contributed by atoms with van der Waals surface area (Å²) in [5.41, 5.74) is 4.75. The second-order valence-corrected chi connectivity index (χ2v) is 9.08. The molecular weight excluding hydrogens is 497 g/mol. The zero-order valence-electron chi connectivity index (χ0n) is 20.7. The summed E-state index contributed by atoms with van der Waals surface area (Å²) in [4.78, 5) is 21.2. The van der Waals surface area contributed by atoms with E-state index >= 15 is 0 Å². The lowest BCUT2D eigenvalue weighted by Crippen LogP contribution is -2.29. The van der Waals surface area contributed by atoms with Gasteiger partial charge in [-0.3, -0.25) is 4.68 Å². The van der Waals surface area contributed by atoms with Crippen LogP contribution < -0.4 is 9.80 Å². The van der Waals surface area contributed by atoms with Crippen LogP contribution in [-0.4, -0.2) is 50.1 Å². The standard InChI is InChI=1S/C22H29ClN6.C2HF3O2/c1-5-10-28(14-19-24-8-9-25-19)22-17-7-6-11-29(21(17)26-27(22)4)20-16(3)12-15(2)13-18(20)23;3-2(4,5)1(6)7/h8-9,12-13H,5-7,10-11,14H2,1-4H3,(H,24,25);(H,6,7). The lowest BCUT2D eigenvalue weighted by atomic mass is 10.0. The highest BCUT2D eigenvalue weighted by molar-refractivity contribution is 6.33. The largest absolute Gasteiger partial charge is 0.490 e. The van der Waals surface area contributed by atoms with E-state index in [0.29, 0.717) is 0 Å². The summed E-state index contributed by atoms with van der Waals surface area (Å²) in [7, 11) is 2.04. The van der Waals surface area contributed by atoms with Crippen LogP contribution in [0.25, 0.3) is 0 Å². The number of hydrogen-bond acceptors (Lipinski definition) is 5. The first-order chi connectivity index (χ1) is 16.9. The Labute approximate surface area is 212 Å². The predicted octanol–water partition coefficient (Wildman–Crippen LogP) is 5.55. The van der Waals surface area contributed by atoms with E-state index in [1.807, 2.05) is 30.2 Å². The van der Waals surface area contributed by atoms with Crippen LogP contribution in [0.15, 0.2) is 24.5 Å². The van der Waals surface area contributed by atoms with Crippen LogP contribution in [0.4, 0.5) is 30.5 Å². The number of alkyl halides is 3. The Hall–Kier alpha value is -3.21. The number of carbonyl (C=O) groups is 1. The zero-order valence-corrected chi connectivity index (χ0v) is 21.4. The lowest BCUT2D eigenvalue weighted by Gasteiger charge is -2.31. The molecule has 0 saturated heterocycles. The number of imidazole rings is 1. The molecule has 3 aromatic rings. The van der Waals surface area contributed by atoms with Crippen molar-refractivity contribution in [2.45, 2.75) is 52.8 Å². The number of carboxylic acids is 1. The van der Waals surface area contributed by atoms with Crippen LogP contribution in [0.1, 0.15) is 42.3 Å². The molecule has 8 nitrogen and oxygen atoms in total. The monoisotopic (exact) mass is 526 g/mol. The number of anilines is 3. The number of benzene rings is 1. The molecule has 2 N–H and O–H groups in total. The van der Waals surface area contributed by atoms with Gasteiger partial charge in [-0.05, 0) is 50.3 Å². The molecule has 0 saturated carbocycles. The van der Waals surface area contributed by atoms with Gasteiger partial charge in [-0.2, -0.15) is 18.3 Å². The third-order valence-corrected chi connectivity index (χ3v) is 6.04. The lowest BCUT2D eigenvalue weighted by molar-refractivity contribution is -0.192. The Kier molecular flexibility index (Phi) is 8.55. The van der Waals surface area contributed by atoms with Crippen LogP contribution in [0.5, 0.6) is 0 Å². The number of nitrogens with one attached hydrogen (secondary N) is 1. The van der Waals surface area contributed by atoms with E-state index in [-0.39, 0.29) is 0 Å². The van der Waals surface area contributed by atoms with Crippen molar-refractivity contribution in [3.8, 4) is 0 Å². The molecule has 0 spiro atoms. The van der Waals surface area contributed by atoms with Crippen molar-refractivity contribution in [1.82, 2.24) is 19.7 Å². The van der Waals surface area contributed by atoms with Gasteiger partial charge in [0.2, 0.25) is 0 Å². The molecule has 0 bridgehead atoms. The van der Waals surface area contributed by atoms with Crippen molar-refractivity contribution in [3.05, 3.63) is 52.1 Å². The van der Waals surface area contributed by atoms with Crippen molar-refractivity contribution in [1.29, 1.82) is 0 Å². The third-order valence-electron chi connectivity index (χ3n) is 5.75. The average Bonchev–Trinajstić information content (AvgIpc) is 3.39. The Morgan fingerprint density at radius 3 is 2.56 bits per heavy atom. The van der Waals surface area contributed by atoms with Gasteiger partial charge in [-0.15, -0.1) is 0 Å². The van der Waals surface area contributed by atoms with E-state index in [4.69, 9.17) is 26.6 Å². The molecule has 4 rings (SSSR count). The highest BCUT2D eigenvalue weighted by Gasteiger charge is 2.38. The summed E-state index contributed by atoms with van der Waals surface area (Å²) < 4.78 is 33.8. The molecular formula is C24H30ClF3N6O2. The second kappa shape index (κ2) is 11.2. The summed E-state index contributed by atoms with van der Waals surface area (Å²) in [5, 5.41) is 12.9. The third kappa shape index (κ3) is 6.13. The predicted molar refractivity (Wildman–Crippen MR) is 133 cm³/mol. The summed E-state index contributed by atoms with van der Waals surface area (Å²) in [5.74, 6) is 0.429. The van der Waals surface area contributed by atoms with Crippen LogP contribution in [0.2, 0.25) is 5.02 Å². The van der Waals surface area contributed by atoms with Crippen LogP contribution in [-0.2, 0) is 24.8 Å². The number of nitrogens with zero attached hydrogens (tertiary/aromatic N) is 5. The zero-order chi connectivity index (χ0) is 26.6. The van der Waals surface area contributed by atoms with Gasteiger partial charge >= 0.3 is 12.1 Å². The minimum absolute atomic E-state index is 0.747. The van der Waals surface area contributed by atoms with Crippen molar-refractivity contribution >= 4 is 34.9 Å². The number of aliphatic carboxylic acids is 1. The number of halogens is 4. The molecule has 2 aromatic heterocycles. The van der Waals surface area contributed by atoms with E-state index in [1.54, 1.807) is 0 Å². The average molecular weight is 527 g/mol. The number of hydrogen-bond donors (Lipinski definition) is 2. The summed E-state index contributed by atoms with van der Waals surface area (Å²) >= 11 is 6.69. The number of aromatic nitrogens is 4. The number of aryl methyl sites for hydroxylation is 3. The molecule has 12 heteroatoms. The topological polar surface area (TPSA) is 90.3 Å². The summed E-state index contributed by atoms with van der Waals surface area (Å²) in [6.07, 6.45) is 1.77. The smallest absolute Gasteiger partial charge is 0.475 e. The molecule has 0 amide bonds. The quantitative estimate of drug-likeness (QED) is 0.438. The van der Waals surface area contributed by atoms with Crippen LogP contribution in [0.3, 0.4) is 0 Å². The van der Waals surface area contributed by atoms with E-state index in [1.165, 1.54) is 22.5 Å². The first-order valence-electron chi connectivity index (χ1n) is 11.6. The number of rotatable bonds is 6. The van der Waals surface area contributed by atoms with Gasteiger partial charge < -0.3 is 19.9 Å². The van der Waals surface area contributed by atoms with Crippen molar-refractivity contribution in [2.75, 3.05) is 22.9 Å². The van der Waals surface area contributed by atoms with Crippen molar-refractivity contribution in [3.63, 3.8) is 0 Å². The van der Waals surface area contributed by atoms with Gasteiger partial charge in [0.25, 0.3) is 0 Å². The molecule has 0 atom stereocenters. The minimum atomic E-state index is -5.08. The Morgan fingerprint density at radius 1 is 1.31 bits per heavy atom. The maximum Gasteiger partial charge on any atom is 0.490 e. The Morgan fingerprint density at radius 2 is 2.00 bits per heavy atom. The number of fused-ring (bicyclic) bond motifs is 1. The van der Waals surface area contributed by atoms with E-state index in [2.05, 4.69) is 46.6 Å². The van der Waals surface area contributed by atoms with Gasteiger partial charge in [0.05, 0.1) is 17.3 Å². The summed E-state index contributed by atoms with van der Waals surface area (Å²) in [6, 6.07) is 4.24. The van der Waals surface area contributed by atoms with Crippen LogP contribution >= 0.6 is 11.6 Å². The van der Waals surface area contributed by atoms with Crippen molar-refractivity contribution in [2.24, 2.45) is 7.05 Å². The molecule has 196 valence electrons. The van der Waals surface area contributed by atoms with Crippen molar-refractivity contribution < 1.29 is 23.1 Å². The highest BCUT2D eigenvalue weighted by Crippen LogP contribution is 2.42. The minimum Gasteiger partial charge on any atom is -0.475 e. The van der Waals surface area contributed by atoms with E-state index in [9.17, 15) is 13.2 Å². The van der Waals surface area contributed by atoms with Gasteiger partial charge in [-0.1, -0.05) is 24.6 Å². The summed E-state index contributed by atoms with van der Waals surface area (Å²) in [6.45, 7) is 9.06. The SMILES string of the molecule is CCCN(Cc1ncc[nH]1)c1c2c(nn1C)N(c1c(C)cc(C)cc1Cl)CCC2.O=C(O)C(F)(F)F. The molecule has 36 heavy (non-hydrogen) atoms. The normalized spacial score (nSPS) is 13.2. The van der Waals surface area contributed by atoms with Gasteiger partial charge in [-0.25, -0.2) is 9.78 Å². The molecule has 0 fully saturated rings. The molecule has 0 aliphatic carbocycles. The Balaban J connectivity index is 0.000000454. The molecule has 0 unspecified atom stereocenters. The molecule has 1 aliphatic heterocycles. The highest BCUT2D eigenvalue weighted by atomic mass is 35.5.